The molecule has 6 rings (SSSR count). The van der Waals surface area contributed by atoms with Crippen LogP contribution in [0.2, 0.25) is 0 Å². The molecule has 2 nitrogen and oxygen atoms in total. The molecule has 0 aromatic carbocycles. The SMILES string of the molecule is CC1CC2CCCC(NC(=O)C34CC5CC(CC3C5)C4)(C1)C2. The number of hydrogen-bond donors (Lipinski definition) is 1. The van der Waals surface area contributed by atoms with Crippen molar-refractivity contribution >= 4 is 5.91 Å². The van der Waals surface area contributed by atoms with Crippen molar-refractivity contribution in [2.24, 2.45) is 35.0 Å². The second kappa shape index (κ2) is 4.51. The van der Waals surface area contributed by atoms with Gasteiger partial charge in [-0.2, -0.15) is 0 Å². The summed E-state index contributed by atoms with van der Waals surface area (Å²) in [5.41, 5.74) is 0.238. The lowest BCUT2D eigenvalue weighted by Gasteiger charge is -2.49. The van der Waals surface area contributed by atoms with Crippen molar-refractivity contribution in [3.8, 4) is 0 Å². The number of carbonyl (C=O) groups excluding carboxylic acids is 1. The Morgan fingerprint density at radius 2 is 1.73 bits per heavy atom. The van der Waals surface area contributed by atoms with Crippen molar-refractivity contribution < 1.29 is 4.79 Å². The standard InChI is InChI=1S/C20H31NO/c1-13-5-14-3-2-4-19(9-13,10-14)21-18(22)20-11-15-6-16(12-20)8-17(20)7-15/h13-17H,2-12H2,1H3,(H,21,22). The first-order chi connectivity index (χ1) is 10.6. The van der Waals surface area contributed by atoms with Crippen molar-refractivity contribution in [2.45, 2.75) is 83.1 Å². The molecule has 22 heavy (non-hydrogen) atoms. The zero-order valence-electron chi connectivity index (χ0n) is 14.1. The molecule has 6 aliphatic rings. The molecule has 2 heteroatoms. The highest BCUT2D eigenvalue weighted by molar-refractivity contribution is 5.85. The van der Waals surface area contributed by atoms with E-state index in [9.17, 15) is 4.79 Å². The van der Waals surface area contributed by atoms with Crippen LogP contribution < -0.4 is 5.32 Å². The van der Waals surface area contributed by atoms with Crippen LogP contribution in [0.5, 0.6) is 0 Å². The molecule has 6 fully saturated rings. The van der Waals surface area contributed by atoms with Crippen LogP contribution in [-0.2, 0) is 4.79 Å². The van der Waals surface area contributed by atoms with Gasteiger partial charge in [-0.3, -0.25) is 4.79 Å². The molecule has 6 saturated carbocycles. The topological polar surface area (TPSA) is 29.1 Å². The molecule has 0 heterocycles. The van der Waals surface area contributed by atoms with Crippen LogP contribution in [0.3, 0.4) is 0 Å². The molecule has 5 atom stereocenters. The fraction of sp³-hybridized carbons (Fsp3) is 0.950. The summed E-state index contributed by atoms with van der Waals surface area (Å²) in [5.74, 6) is 4.65. The summed E-state index contributed by atoms with van der Waals surface area (Å²) < 4.78 is 0. The Morgan fingerprint density at radius 3 is 2.50 bits per heavy atom. The highest BCUT2D eigenvalue weighted by atomic mass is 16.2. The molecule has 0 aromatic heterocycles. The van der Waals surface area contributed by atoms with E-state index in [4.69, 9.17) is 0 Å². The summed E-state index contributed by atoms with van der Waals surface area (Å²) in [6, 6.07) is 0. The lowest BCUT2D eigenvalue weighted by Crippen LogP contribution is -2.58. The summed E-state index contributed by atoms with van der Waals surface area (Å²) in [5, 5.41) is 3.70. The molecule has 0 aliphatic heterocycles. The van der Waals surface area contributed by atoms with Gasteiger partial charge in [0, 0.05) is 5.54 Å². The molecular formula is C20H31NO. The summed E-state index contributed by atoms with van der Waals surface area (Å²) in [6.45, 7) is 2.40. The smallest absolute Gasteiger partial charge is 0.226 e. The van der Waals surface area contributed by atoms with Crippen LogP contribution in [0.4, 0.5) is 0 Å². The number of carbonyl (C=O) groups is 1. The summed E-state index contributed by atoms with van der Waals surface area (Å²) in [6.07, 6.45) is 14.5. The van der Waals surface area contributed by atoms with Crippen LogP contribution >= 0.6 is 0 Å². The number of rotatable bonds is 2. The van der Waals surface area contributed by atoms with Crippen molar-refractivity contribution in [1.29, 1.82) is 0 Å². The maximum absolute atomic E-state index is 13.4. The third kappa shape index (κ3) is 1.88. The number of nitrogens with one attached hydrogen (secondary N) is 1. The van der Waals surface area contributed by atoms with E-state index in [1.807, 2.05) is 0 Å². The second-order valence-electron chi connectivity index (χ2n) is 9.94. The van der Waals surface area contributed by atoms with Gasteiger partial charge in [-0.05, 0) is 87.4 Å². The van der Waals surface area contributed by atoms with E-state index in [1.54, 1.807) is 0 Å². The van der Waals surface area contributed by atoms with Crippen LogP contribution in [0.1, 0.15) is 77.6 Å². The quantitative estimate of drug-likeness (QED) is 0.810. The molecule has 0 radical (unpaired) electrons. The van der Waals surface area contributed by atoms with Gasteiger partial charge in [0.05, 0.1) is 5.41 Å². The van der Waals surface area contributed by atoms with E-state index in [0.717, 1.165) is 29.6 Å². The van der Waals surface area contributed by atoms with Gasteiger partial charge in [0.1, 0.15) is 0 Å². The first-order valence-electron chi connectivity index (χ1n) is 9.90. The van der Waals surface area contributed by atoms with Gasteiger partial charge in [0.25, 0.3) is 0 Å². The van der Waals surface area contributed by atoms with Gasteiger partial charge in [0.15, 0.2) is 0 Å². The lowest BCUT2D eigenvalue weighted by atomic mass is 9.63. The monoisotopic (exact) mass is 301 g/mol. The number of amides is 1. The molecule has 0 aromatic rings. The fourth-order valence-electron chi connectivity index (χ4n) is 7.89. The summed E-state index contributed by atoms with van der Waals surface area (Å²) in [4.78, 5) is 13.4. The molecule has 5 unspecified atom stereocenters. The zero-order valence-corrected chi connectivity index (χ0v) is 14.1. The molecular weight excluding hydrogens is 270 g/mol. The molecule has 1 N–H and O–H groups in total. The highest BCUT2D eigenvalue weighted by Crippen LogP contribution is 2.65. The van der Waals surface area contributed by atoms with Crippen LogP contribution in [0, 0.1) is 35.0 Å². The van der Waals surface area contributed by atoms with E-state index >= 15 is 0 Å². The summed E-state index contributed by atoms with van der Waals surface area (Å²) >= 11 is 0. The predicted octanol–water partition coefficient (Wildman–Crippen LogP) is 4.29. The Balaban J connectivity index is 1.38. The number of hydrogen-bond acceptors (Lipinski definition) is 1. The maximum atomic E-state index is 13.4. The van der Waals surface area contributed by atoms with Crippen LogP contribution in [0.25, 0.3) is 0 Å². The van der Waals surface area contributed by atoms with E-state index in [1.165, 1.54) is 70.6 Å². The first kappa shape index (κ1) is 13.9. The normalized spacial score (nSPS) is 55.4. The minimum absolute atomic E-state index is 0.0654. The maximum Gasteiger partial charge on any atom is 0.226 e. The van der Waals surface area contributed by atoms with Crippen molar-refractivity contribution in [2.75, 3.05) is 0 Å². The van der Waals surface area contributed by atoms with Gasteiger partial charge < -0.3 is 5.32 Å². The molecule has 6 aliphatic carbocycles. The lowest BCUT2D eigenvalue weighted by molar-refractivity contribution is -0.136. The van der Waals surface area contributed by atoms with E-state index < -0.39 is 0 Å². The Bertz CT molecular complexity index is 482. The Labute approximate surface area is 134 Å². The Kier molecular flexibility index (Phi) is 2.84. The fourth-order valence-corrected chi connectivity index (χ4v) is 7.89. The minimum Gasteiger partial charge on any atom is -0.350 e. The van der Waals surface area contributed by atoms with E-state index in [-0.39, 0.29) is 11.0 Å². The van der Waals surface area contributed by atoms with Gasteiger partial charge in [-0.1, -0.05) is 19.8 Å². The van der Waals surface area contributed by atoms with Gasteiger partial charge in [-0.15, -0.1) is 0 Å². The Hall–Kier alpha value is -0.530. The van der Waals surface area contributed by atoms with Crippen molar-refractivity contribution in [3.05, 3.63) is 0 Å². The van der Waals surface area contributed by atoms with Crippen molar-refractivity contribution in [3.63, 3.8) is 0 Å². The average Bonchev–Trinajstić information content (AvgIpc) is 2.83. The van der Waals surface area contributed by atoms with Crippen molar-refractivity contribution in [1.82, 2.24) is 5.32 Å². The summed E-state index contributed by atoms with van der Waals surface area (Å²) in [7, 11) is 0. The van der Waals surface area contributed by atoms with Crippen LogP contribution in [-0.4, -0.2) is 11.4 Å². The average molecular weight is 301 g/mol. The van der Waals surface area contributed by atoms with Gasteiger partial charge in [0.2, 0.25) is 5.91 Å². The molecule has 0 spiro atoms. The largest absolute Gasteiger partial charge is 0.350 e. The molecule has 6 bridgehead atoms. The predicted molar refractivity (Wildman–Crippen MR) is 87.2 cm³/mol. The molecule has 122 valence electrons. The highest BCUT2D eigenvalue weighted by Gasteiger charge is 2.62. The minimum atomic E-state index is 0.0654. The van der Waals surface area contributed by atoms with Gasteiger partial charge in [-0.25, -0.2) is 0 Å². The van der Waals surface area contributed by atoms with Crippen LogP contribution in [0.15, 0.2) is 0 Å². The third-order valence-electron chi connectivity index (χ3n) is 8.24. The van der Waals surface area contributed by atoms with E-state index in [2.05, 4.69) is 12.2 Å². The Morgan fingerprint density at radius 1 is 0.955 bits per heavy atom. The third-order valence-corrected chi connectivity index (χ3v) is 8.24. The van der Waals surface area contributed by atoms with E-state index in [0.29, 0.717) is 5.91 Å². The number of fused-ring (bicyclic) bond motifs is 2. The zero-order chi connectivity index (χ0) is 14.9. The second-order valence-corrected chi connectivity index (χ2v) is 9.94. The molecule has 1 amide bonds. The molecule has 0 saturated heterocycles. The first-order valence-corrected chi connectivity index (χ1v) is 9.90. The van der Waals surface area contributed by atoms with Gasteiger partial charge >= 0.3 is 0 Å².